The van der Waals surface area contributed by atoms with Crippen molar-refractivity contribution in [3.63, 3.8) is 0 Å². The Morgan fingerprint density at radius 3 is 2.00 bits per heavy atom. The van der Waals surface area contributed by atoms with Crippen LogP contribution in [0.2, 0.25) is 0 Å². The molecule has 2 rings (SSSR count). The first kappa shape index (κ1) is 18.9. The average Bonchev–Trinajstić information content (AvgIpc) is 2.62. The van der Waals surface area contributed by atoms with Crippen molar-refractivity contribution in [1.29, 1.82) is 0 Å². The molecule has 0 spiro atoms. The predicted molar refractivity (Wildman–Crippen MR) is 76.5 cm³/mol. The van der Waals surface area contributed by atoms with E-state index in [9.17, 15) is 26.3 Å². The van der Waals surface area contributed by atoms with Gasteiger partial charge in [-0.25, -0.2) is 13.2 Å². The standard InChI is InChI=1S/C15H15BF6O2/c1-13(2)14(3,4)24-16(23-13)11(18)7-8-9(15(20,21)22)5-6-10(17)12(8)19/h5-7H,1-4H3. The van der Waals surface area contributed by atoms with Gasteiger partial charge in [0.15, 0.2) is 11.6 Å². The molecule has 0 N–H and O–H groups in total. The summed E-state index contributed by atoms with van der Waals surface area (Å²) in [5.74, 6) is -3.31. The molecule has 0 bridgehead atoms. The van der Waals surface area contributed by atoms with E-state index in [-0.39, 0.29) is 6.08 Å². The Morgan fingerprint density at radius 2 is 1.54 bits per heavy atom. The highest BCUT2D eigenvalue weighted by Gasteiger charge is 2.53. The van der Waals surface area contributed by atoms with E-state index >= 15 is 0 Å². The van der Waals surface area contributed by atoms with Gasteiger partial charge in [-0.1, -0.05) is 0 Å². The quantitative estimate of drug-likeness (QED) is 0.555. The summed E-state index contributed by atoms with van der Waals surface area (Å²) in [6, 6.07) is 0.684. The maximum atomic E-state index is 14.3. The van der Waals surface area contributed by atoms with E-state index in [1.165, 1.54) is 0 Å². The van der Waals surface area contributed by atoms with Crippen LogP contribution in [0.15, 0.2) is 17.9 Å². The third-order valence-corrected chi connectivity index (χ3v) is 4.20. The minimum Gasteiger partial charge on any atom is -0.398 e. The van der Waals surface area contributed by atoms with Gasteiger partial charge in [0.05, 0.1) is 16.8 Å². The van der Waals surface area contributed by atoms with Gasteiger partial charge in [-0.05, 0) is 45.9 Å². The highest BCUT2D eigenvalue weighted by molar-refractivity contribution is 6.54. The van der Waals surface area contributed by atoms with Gasteiger partial charge in [0.2, 0.25) is 0 Å². The van der Waals surface area contributed by atoms with Crippen LogP contribution < -0.4 is 0 Å². The molecule has 1 fully saturated rings. The van der Waals surface area contributed by atoms with Crippen molar-refractivity contribution in [1.82, 2.24) is 0 Å². The van der Waals surface area contributed by atoms with Crippen LogP contribution in [0.3, 0.4) is 0 Å². The summed E-state index contributed by atoms with van der Waals surface area (Å²) in [6.07, 6.45) is -4.72. The van der Waals surface area contributed by atoms with E-state index < -0.39 is 53.0 Å². The Kier molecular flexibility index (Phi) is 4.56. The molecule has 1 aromatic rings. The lowest BCUT2D eigenvalue weighted by Gasteiger charge is -2.32. The molecule has 24 heavy (non-hydrogen) atoms. The molecular weight excluding hydrogens is 337 g/mol. The summed E-state index contributed by atoms with van der Waals surface area (Å²) in [7, 11) is -1.61. The van der Waals surface area contributed by atoms with Crippen molar-refractivity contribution in [2.45, 2.75) is 45.1 Å². The van der Waals surface area contributed by atoms with E-state index in [1.807, 2.05) is 0 Å². The molecule has 1 saturated heterocycles. The van der Waals surface area contributed by atoms with E-state index in [0.717, 1.165) is 0 Å². The maximum Gasteiger partial charge on any atom is 0.525 e. The molecule has 0 saturated carbocycles. The van der Waals surface area contributed by atoms with Crippen molar-refractivity contribution in [2.75, 3.05) is 0 Å². The molecule has 0 aromatic heterocycles. The minimum atomic E-state index is -4.98. The summed E-state index contributed by atoms with van der Waals surface area (Å²) in [5, 5.41) is 0. The Bertz CT molecular complexity index is 665. The van der Waals surface area contributed by atoms with Crippen LogP contribution in [0.5, 0.6) is 0 Å². The maximum absolute atomic E-state index is 14.3. The lowest BCUT2D eigenvalue weighted by Crippen LogP contribution is -2.41. The molecule has 0 atom stereocenters. The zero-order valence-electron chi connectivity index (χ0n) is 13.4. The fourth-order valence-electron chi connectivity index (χ4n) is 2.12. The zero-order valence-corrected chi connectivity index (χ0v) is 13.4. The van der Waals surface area contributed by atoms with Gasteiger partial charge < -0.3 is 9.31 Å². The van der Waals surface area contributed by atoms with E-state index in [2.05, 4.69) is 0 Å². The average molecular weight is 352 g/mol. The van der Waals surface area contributed by atoms with E-state index in [4.69, 9.17) is 9.31 Å². The van der Waals surface area contributed by atoms with Crippen LogP contribution in [-0.4, -0.2) is 18.3 Å². The lowest BCUT2D eigenvalue weighted by atomic mass is 9.86. The molecule has 2 nitrogen and oxygen atoms in total. The zero-order chi connectivity index (χ0) is 18.5. The summed E-state index contributed by atoms with van der Waals surface area (Å²) in [4.78, 5) is 0. The highest BCUT2D eigenvalue weighted by atomic mass is 19.4. The molecule has 0 radical (unpaired) electrons. The predicted octanol–water partition coefficient (Wildman–Crippen LogP) is 4.93. The molecule has 0 aliphatic carbocycles. The number of hydrogen-bond donors (Lipinski definition) is 0. The van der Waals surface area contributed by atoms with Gasteiger partial charge in [-0.2, -0.15) is 13.2 Å². The van der Waals surface area contributed by atoms with Crippen LogP contribution in [0, 0.1) is 11.6 Å². The normalized spacial score (nSPS) is 20.6. The van der Waals surface area contributed by atoms with Crippen molar-refractivity contribution in [3.05, 3.63) is 40.6 Å². The fraction of sp³-hybridized carbons (Fsp3) is 0.467. The monoisotopic (exact) mass is 352 g/mol. The number of halogens is 6. The van der Waals surface area contributed by atoms with Crippen molar-refractivity contribution < 1.29 is 35.7 Å². The lowest BCUT2D eigenvalue weighted by molar-refractivity contribution is -0.138. The number of hydrogen-bond acceptors (Lipinski definition) is 2. The molecule has 132 valence electrons. The first-order valence-electron chi connectivity index (χ1n) is 7.04. The Hall–Kier alpha value is -1.48. The molecule has 0 unspecified atom stereocenters. The van der Waals surface area contributed by atoms with E-state index in [1.54, 1.807) is 27.7 Å². The third kappa shape index (κ3) is 3.32. The molecule has 1 heterocycles. The van der Waals surface area contributed by atoms with Gasteiger partial charge >= 0.3 is 13.3 Å². The first-order valence-corrected chi connectivity index (χ1v) is 7.04. The topological polar surface area (TPSA) is 18.5 Å². The van der Waals surface area contributed by atoms with Crippen molar-refractivity contribution in [2.24, 2.45) is 0 Å². The van der Waals surface area contributed by atoms with Crippen molar-refractivity contribution >= 4 is 13.2 Å². The van der Waals surface area contributed by atoms with Gasteiger partial charge in [0.25, 0.3) is 0 Å². The van der Waals surface area contributed by atoms with Crippen LogP contribution in [-0.2, 0) is 15.5 Å². The second-order valence-electron chi connectivity index (χ2n) is 6.44. The SMILES string of the molecule is CC1(C)OB(C(F)=Cc2c(C(F)(F)F)ccc(F)c2F)OC1(C)C. The molecule has 1 aliphatic heterocycles. The Balaban J connectivity index is 2.47. The van der Waals surface area contributed by atoms with Crippen molar-refractivity contribution in [3.8, 4) is 0 Å². The smallest absolute Gasteiger partial charge is 0.398 e. The molecule has 9 heteroatoms. The highest BCUT2D eigenvalue weighted by Crippen LogP contribution is 2.40. The van der Waals surface area contributed by atoms with Crippen LogP contribution in [0.1, 0.15) is 38.8 Å². The van der Waals surface area contributed by atoms with Gasteiger partial charge in [0.1, 0.15) is 5.73 Å². The second kappa shape index (κ2) is 5.80. The fourth-order valence-corrected chi connectivity index (χ4v) is 2.12. The Labute approximate surface area is 135 Å². The largest absolute Gasteiger partial charge is 0.525 e. The Morgan fingerprint density at radius 1 is 1.04 bits per heavy atom. The summed E-state index contributed by atoms with van der Waals surface area (Å²) in [5.41, 5.74) is -5.89. The molecule has 0 amide bonds. The van der Waals surface area contributed by atoms with Gasteiger partial charge in [-0.3, -0.25) is 0 Å². The minimum absolute atomic E-state index is 0.253. The summed E-state index contributed by atoms with van der Waals surface area (Å²) < 4.78 is 90.8. The second-order valence-corrected chi connectivity index (χ2v) is 6.44. The molecule has 1 aromatic carbocycles. The summed E-state index contributed by atoms with van der Waals surface area (Å²) in [6.45, 7) is 6.46. The van der Waals surface area contributed by atoms with Crippen LogP contribution in [0.25, 0.3) is 6.08 Å². The third-order valence-electron chi connectivity index (χ3n) is 4.20. The van der Waals surface area contributed by atoms with Gasteiger partial charge in [0, 0.05) is 5.56 Å². The molecule has 1 aliphatic rings. The van der Waals surface area contributed by atoms with Gasteiger partial charge in [-0.15, -0.1) is 0 Å². The van der Waals surface area contributed by atoms with Crippen LogP contribution in [0.4, 0.5) is 26.3 Å². The van der Waals surface area contributed by atoms with E-state index in [0.29, 0.717) is 12.1 Å². The first-order chi connectivity index (χ1) is 10.8. The number of rotatable bonds is 2. The summed E-state index contributed by atoms with van der Waals surface area (Å²) >= 11 is 0. The number of benzene rings is 1. The van der Waals surface area contributed by atoms with Crippen LogP contribution >= 0.6 is 0 Å². The molecular formula is C15H15BF6O2. The number of alkyl halides is 3.